The van der Waals surface area contributed by atoms with E-state index >= 15 is 0 Å². The third-order valence-corrected chi connectivity index (χ3v) is 2.91. The van der Waals surface area contributed by atoms with Crippen LogP contribution in [0.1, 0.15) is 31.2 Å². The molecule has 100 valence electrons. The summed E-state index contributed by atoms with van der Waals surface area (Å²) < 4.78 is 1.88. The lowest BCUT2D eigenvalue weighted by Crippen LogP contribution is -2.20. The summed E-state index contributed by atoms with van der Waals surface area (Å²) in [6.45, 7) is 6.45. The van der Waals surface area contributed by atoms with Gasteiger partial charge in [0.1, 0.15) is 12.4 Å². The van der Waals surface area contributed by atoms with Gasteiger partial charge in [-0.25, -0.2) is 4.98 Å². The number of nitrogens with zero attached hydrogens (tertiary/aromatic N) is 2. The molecule has 4 heteroatoms. The van der Waals surface area contributed by atoms with Crippen LogP contribution in [0, 0.1) is 6.92 Å². The van der Waals surface area contributed by atoms with Crippen molar-refractivity contribution in [3.05, 3.63) is 48.0 Å². The lowest BCUT2D eigenvalue weighted by molar-refractivity contribution is -0.116. The van der Waals surface area contributed by atoms with Crippen molar-refractivity contribution >= 4 is 11.6 Å². The maximum absolute atomic E-state index is 12.0. The van der Waals surface area contributed by atoms with Gasteiger partial charge in [0.2, 0.25) is 5.91 Å². The number of imidazole rings is 1. The molecule has 0 aliphatic heterocycles. The molecular weight excluding hydrogens is 238 g/mol. The molecule has 1 N–H and O–H groups in total. The molecule has 1 aromatic heterocycles. The summed E-state index contributed by atoms with van der Waals surface area (Å²) in [7, 11) is 0. The Morgan fingerprint density at radius 3 is 2.63 bits per heavy atom. The third kappa shape index (κ3) is 3.44. The first kappa shape index (κ1) is 13.3. The number of aromatic nitrogens is 2. The molecule has 0 atom stereocenters. The van der Waals surface area contributed by atoms with Crippen LogP contribution in [0.25, 0.3) is 0 Å². The van der Waals surface area contributed by atoms with Gasteiger partial charge in [-0.3, -0.25) is 4.79 Å². The van der Waals surface area contributed by atoms with Crippen molar-refractivity contribution in [2.24, 2.45) is 0 Å². The lowest BCUT2D eigenvalue weighted by atomic mass is 10.2. The van der Waals surface area contributed by atoms with Crippen LogP contribution in [0.15, 0.2) is 36.7 Å². The zero-order valence-corrected chi connectivity index (χ0v) is 11.6. The molecule has 0 aliphatic rings. The molecule has 19 heavy (non-hydrogen) atoms. The standard InChI is InChI=1S/C15H19N3O/c1-11(2)15-16-8-9-18(15)10-14(19)17-13-6-4-12(3)5-7-13/h4-9,11H,10H2,1-3H3,(H,17,19). The quantitative estimate of drug-likeness (QED) is 0.915. The molecule has 0 bridgehead atoms. The second kappa shape index (κ2) is 5.69. The van der Waals surface area contributed by atoms with E-state index in [9.17, 15) is 4.79 Å². The number of carbonyl (C=O) groups excluding carboxylic acids is 1. The lowest BCUT2D eigenvalue weighted by Gasteiger charge is -2.10. The van der Waals surface area contributed by atoms with E-state index in [0.29, 0.717) is 12.5 Å². The molecule has 0 radical (unpaired) electrons. The summed E-state index contributed by atoms with van der Waals surface area (Å²) in [5.41, 5.74) is 2.00. The van der Waals surface area contributed by atoms with Gasteiger partial charge in [-0.2, -0.15) is 0 Å². The Balaban J connectivity index is 2.01. The first-order valence-electron chi connectivity index (χ1n) is 6.44. The number of hydrogen-bond donors (Lipinski definition) is 1. The van der Waals surface area contributed by atoms with Crippen molar-refractivity contribution in [1.29, 1.82) is 0 Å². The molecule has 1 amide bonds. The average molecular weight is 257 g/mol. The average Bonchev–Trinajstić information content (AvgIpc) is 2.80. The highest BCUT2D eigenvalue weighted by molar-refractivity contribution is 5.90. The molecule has 0 fully saturated rings. The molecule has 1 heterocycles. The maximum Gasteiger partial charge on any atom is 0.244 e. The summed E-state index contributed by atoms with van der Waals surface area (Å²) in [6, 6.07) is 7.77. The summed E-state index contributed by atoms with van der Waals surface area (Å²) >= 11 is 0. The van der Waals surface area contributed by atoms with Crippen LogP contribution in [0.4, 0.5) is 5.69 Å². The topological polar surface area (TPSA) is 46.9 Å². The Morgan fingerprint density at radius 1 is 1.32 bits per heavy atom. The maximum atomic E-state index is 12.0. The highest BCUT2D eigenvalue weighted by atomic mass is 16.1. The van der Waals surface area contributed by atoms with Crippen molar-refractivity contribution < 1.29 is 4.79 Å². The van der Waals surface area contributed by atoms with Gasteiger partial charge in [0.15, 0.2) is 0 Å². The zero-order chi connectivity index (χ0) is 13.8. The molecule has 1 aromatic carbocycles. The largest absolute Gasteiger partial charge is 0.325 e. The first-order chi connectivity index (χ1) is 9.06. The van der Waals surface area contributed by atoms with E-state index in [1.165, 1.54) is 5.56 Å². The van der Waals surface area contributed by atoms with Crippen LogP contribution in [0.2, 0.25) is 0 Å². The van der Waals surface area contributed by atoms with Crippen LogP contribution >= 0.6 is 0 Å². The number of amides is 1. The Labute approximate surface area is 113 Å². The Kier molecular flexibility index (Phi) is 4.00. The fraction of sp³-hybridized carbons (Fsp3) is 0.333. The van der Waals surface area contributed by atoms with Gasteiger partial charge in [-0.1, -0.05) is 31.5 Å². The summed E-state index contributed by atoms with van der Waals surface area (Å²) in [6.07, 6.45) is 3.57. The van der Waals surface area contributed by atoms with Crippen molar-refractivity contribution in [3.63, 3.8) is 0 Å². The Morgan fingerprint density at radius 2 is 2.00 bits per heavy atom. The van der Waals surface area contributed by atoms with Crippen molar-refractivity contribution in [2.45, 2.75) is 33.2 Å². The number of hydrogen-bond acceptors (Lipinski definition) is 2. The number of nitrogens with one attached hydrogen (secondary N) is 1. The number of aryl methyl sites for hydroxylation is 1. The molecule has 0 saturated heterocycles. The van der Waals surface area contributed by atoms with Gasteiger partial charge in [0.05, 0.1) is 0 Å². The van der Waals surface area contributed by atoms with Gasteiger partial charge in [-0.05, 0) is 19.1 Å². The normalized spacial score (nSPS) is 10.7. The van der Waals surface area contributed by atoms with Crippen LogP contribution < -0.4 is 5.32 Å². The van der Waals surface area contributed by atoms with E-state index in [2.05, 4.69) is 24.1 Å². The number of rotatable bonds is 4. The van der Waals surface area contributed by atoms with E-state index in [0.717, 1.165) is 11.5 Å². The van der Waals surface area contributed by atoms with Crippen LogP contribution in [0.3, 0.4) is 0 Å². The fourth-order valence-electron chi connectivity index (χ4n) is 1.95. The second-order valence-corrected chi connectivity index (χ2v) is 4.98. The van der Waals surface area contributed by atoms with Gasteiger partial charge in [0, 0.05) is 24.0 Å². The summed E-state index contributed by atoms with van der Waals surface area (Å²) in [4.78, 5) is 16.3. The molecule has 4 nitrogen and oxygen atoms in total. The molecule has 2 aromatic rings. The smallest absolute Gasteiger partial charge is 0.244 e. The van der Waals surface area contributed by atoms with Crippen molar-refractivity contribution in [1.82, 2.24) is 9.55 Å². The van der Waals surface area contributed by atoms with Gasteiger partial charge >= 0.3 is 0 Å². The van der Waals surface area contributed by atoms with Crippen molar-refractivity contribution in [2.75, 3.05) is 5.32 Å². The molecule has 0 spiro atoms. The molecule has 0 unspecified atom stereocenters. The van der Waals surface area contributed by atoms with E-state index < -0.39 is 0 Å². The predicted molar refractivity (Wildman–Crippen MR) is 76.1 cm³/mol. The predicted octanol–water partition coefficient (Wildman–Crippen LogP) is 2.95. The molecular formula is C15H19N3O. The molecule has 0 aliphatic carbocycles. The van der Waals surface area contributed by atoms with Gasteiger partial charge in [-0.15, -0.1) is 0 Å². The minimum atomic E-state index is -0.0382. The third-order valence-electron chi connectivity index (χ3n) is 2.91. The Bertz CT molecular complexity index is 555. The van der Waals surface area contributed by atoms with Gasteiger partial charge < -0.3 is 9.88 Å². The van der Waals surface area contributed by atoms with E-state index in [-0.39, 0.29) is 5.91 Å². The first-order valence-corrected chi connectivity index (χ1v) is 6.44. The second-order valence-electron chi connectivity index (χ2n) is 4.98. The van der Waals surface area contributed by atoms with E-state index in [4.69, 9.17) is 0 Å². The SMILES string of the molecule is Cc1ccc(NC(=O)Cn2ccnc2C(C)C)cc1. The van der Waals surface area contributed by atoms with Crippen molar-refractivity contribution in [3.8, 4) is 0 Å². The highest BCUT2D eigenvalue weighted by Crippen LogP contribution is 2.12. The number of carbonyl (C=O) groups is 1. The summed E-state index contributed by atoms with van der Waals surface area (Å²) in [5, 5.41) is 2.89. The van der Waals surface area contributed by atoms with E-state index in [1.807, 2.05) is 42.0 Å². The minimum Gasteiger partial charge on any atom is -0.325 e. The molecule has 0 saturated carbocycles. The van der Waals surface area contributed by atoms with Gasteiger partial charge in [0.25, 0.3) is 0 Å². The van der Waals surface area contributed by atoms with E-state index in [1.54, 1.807) is 6.20 Å². The zero-order valence-electron chi connectivity index (χ0n) is 11.6. The van der Waals surface area contributed by atoms with Crippen LogP contribution in [-0.4, -0.2) is 15.5 Å². The monoisotopic (exact) mass is 257 g/mol. The highest BCUT2D eigenvalue weighted by Gasteiger charge is 2.10. The number of anilines is 1. The Hall–Kier alpha value is -2.10. The summed E-state index contributed by atoms with van der Waals surface area (Å²) in [5.74, 6) is 1.20. The van der Waals surface area contributed by atoms with Crippen LogP contribution in [0.5, 0.6) is 0 Å². The van der Waals surface area contributed by atoms with Crippen LogP contribution in [-0.2, 0) is 11.3 Å². The molecule has 2 rings (SSSR count). The minimum absolute atomic E-state index is 0.0382. The number of benzene rings is 1. The fourth-order valence-corrected chi connectivity index (χ4v) is 1.95.